The van der Waals surface area contributed by atoms with Crippen molar-refractivity contribution >= 4 is 32.5 Å². The SMILES string of the molecule is Cc1nc(N2CCOC(C)C2)c2[nH]c(N)c(S(=O)(=O)c3cccc(F)c3F)c2n1. The summed E-state index contributed by atoms with van der Waals surface area (Å²) in [5.74, 6) is -2.14. The van der Waals surface area contributed by atoms with Gasteiger partial charge in [-0.15, -0.1) is 0 Å². The Bertz CT molecular complexity index is 1210. The summed E-state index contributed by atoms with van der Waals surface area (Å²) < 4.78 is 59.8. The predicted octanol–water partition coefficient (Wildman–Crippen LogP) is 2.18. The van der Waals surface area contributed by atoms with E-state index in [1.165, 1.54) is 0 Å². The van der Waals surface area contributed by atoms with E-state index in [0.29, 0.717) is 36.9 Å². The van der Waals surface area contributed by atoms with Crippen molar-refractivity contribution in [2.45, 2.75) is 29.7 Å². The molecule has 4 rings (SSSR count). The number of aromatic nitrogens is 3. The molecule has 1 saturated heterocycles. The van der Waals surface area contributed by atoms with Crippen LogP contribution in [0.5, 0.6) is 0 Å². The number of fused-ring (bicyclic) bond motifs is 1. The number of nitrogens with zero attached hydrogens (tertiary/aromatic N) is 3. The van der Waals surface area contributed by atoms with Gasteiger partial charge in [0.15, 0.2) is 17.5 Å². The van der Waals surface area contributed by atoms with Crippen LogP contribution >= 0.6 is 0 Å². The van der Waals surface area contributed by atoms with Crippen LogP contribution in [-0.4, -0.2) is 49.2 Å². The van der Waals surface area contributed by atoms with Gasteiger partial charge in [-0.05, 0) is 26.0 Å². The Morgan fingerprint density at radius 3 is 2.79 bits per heavy atom. The molecule has 1 aliphatic heterocycles. The molecule has 154 valence electrons. The Morgan fingerprint density at radius 2 is 2.07 bits per heavy atom. The van der Waals surface area contributed by atoms with E-state index < -0.39 is 31.3 Å². The number of nitrogens with one attached hydrogen (secondary N) is 1. The quantitative estimate of drug-likeness (QED) is 0.664. The van der Waals surface area contributed by atoms with Crippen LogP contribution in [0.3, 0.4) is 0 Å². The number of aryl methyl sites for hydroxylation is 1. The fourth-order valence-corrected chi connectivity index (χ4v) is 5.02. The Balaban J connectivity index is 1.95. The summed E-state index contributed by atoms with van der Waals surface area (Å²) in [5.41, 5.74) is 6.33. The van der Waals surface area contributed by atoms with E-state index >= 15 is 0 Å². The summed E-state index contributed by atoms with van der Waals surface area (Å²) in [4.78, 5) is 12.2. The van der Waals surface area contributed by atoms with Gasteiger partial charge in [0.1, 0.15) is 32.5 Å². The van der Waals surface area contributed by atoms with Gasteiger partial charge in [0.2, 0.25) is 9.84 Å². The van der Waals surface area contributed by atoms with Crippen molar-refractivity contribution < 1.29 is 21.9 Å². The minimum Gasteiger partial charge on any atom is -0.384 e. The average molecular weight is 423 g/mol. The third-order valence-corrected chi connectivity index (χ3v) is 6.58. The first-order valence-electron chi connectivity index (χ1n) is 8.91. The highest BCUT2D eigenvalue weighted by Gasteiger charge is 2.32. The number of hydrogen-bond donors (Lipinski definition) is 2. The molecule has 1 atom stereocenters. The molecule has 0 bridgehead atoms. The number of sulfone groups is 1. The van der Waals surface area contributed by atoms with Gasteiger partial charge in [-0.3, -0.25) is 0 Å². The van der Waals surface area contributed by atoms with Gasteiger partial charge in [-0.2, -0.15) is 0 Å². The van der Waals surface area contributed by atoms with Crippen molar-refractivity contribution in [3.05, 3.63) is 35.7 Å². The second-order valence-electron chi connectivity index (χ2n) is 6.87. The summed E-state index contributed by atoms with van der Waals surface area (Å²) in [5, 5.41) is 0. The zero-order valence-electron chi connectivity index (χ0n) is 15.7. The van der Waals surface area contributed by atoms with Crippen LogP contribution in [0.25, 0.3) is 11.0 Å². The first-order valence-corrected chi connectivity index (χ1v) is 10.4. The summed E-state index contributed by atoms with van der Waals surface area (Å²) in [6.45, 7) is 5.13. The molecule has 11 heteroatoms. The van der Waals surface area contributed by atoms with Crippen molar-refractivity contribution in [2.24, 2.45) is 0 Å². The lowest BCUT2D eigenvalue weighted by molar-refractivity contribution is 0.0530. The average Bonchev–Trinajstić information content (AvgIpc) is 2.99. The molecule has 3 N–H and O–H groups in total. The molecule has 1 unspecified atom stereocenters. The molecule has 1 fully saturated rings. The molecule has 1 aliphatic rings. The molecule has 2 aromatic heterocycles. The van der Waals surface area contributed by atoms with Gasteiger partial charge in [-0.25, -0.2) is 27.2 Å². The molecular formula is C18H19F2N5O3S. The molecular weight excluding hydrogens is 404 g/mol. The smallest absolute Gasteiger partial charge is 0.215 e. The lowest BCUT2D eigenvalue weighted by Gasteiger charge is -2.32. The van der Waals surface area contributed by atoms with Crippen LogP contribution in [0.2, 0.25) is 0 Å². The highest BCUT2D eigenvalue weighted by Crippen LogP contribution is 2.37. The van der Waals surface area contributed by atoms with Gasteiger partial charge < -0.3 is 20.4 Å². The highest BCUT2D eigenvalue weighted by atomic mass is 32.2. The Morgan fingerprint density at radius 1 is 1.31 bits per heavy atom. The van der Waals surface area contributed by atoms with Crippen LogP contribution in [0, 0.1) is 18.6 Å². The zero-order valence-corrected chi connectivity index (χ0v) is 16.6. The molecule has 0 amide bonds. The third kappa shape index (κ3) is 3.19. The summed E-state index contributed by atoms with van der Waals surface area (Å²) in [7, 11) is -4.49. The van der Waals surface area contributed by atoms with Crippen LogP contribution in [0.1, 0.15) is 12.7 Å². The number of ether oxygens (including phenoxy) is 1. The van der Waals surface area contributed by atoms with Crippen molar-refractivity contribution in [3.63, 3.8) is 0 Å². The van der Waals surface area contributed by atoms with E-state index in [9.17, 15) is 17.2 Å². The lowest BCUT2D eigenvalue weighted by Crippen LogP contribution is -2.41. The molecule has 3 heterocycles. The standard InChI is InChI=1S/C18H19F2N5O3S/c1-9-8-25(6-7-28-9)18-15-14(22-10(2)23-18)16(17(21)24-15)29(26,27)12-5-3-4-11(19)13(12)20/h3-5,9,24H,6-8,21H2,1-2H3. The minimum atomic E-state index is -4.49. The van der Waals surface area contributed by atoms with Crippen LogP contribution in [0.15, 0.2) is 28.0 Å². The van der Waals surface area contributed by atoms with E-state index in [2.05, 4.69) is 15.0 Å². The number of H-pyrrole nitrogens is 1. The van der Waals surface area contributed by atoms with Gasteiger partial charge in [0.25, 0.3) is 0 Å². The minimum absolute atomic E-state index is 0.0350. The van der Waals surface area contributed by atoms with Crippen molar-refractivity contribution in [1.82, 2.24) is 15.0 Å². The Hall–Kier alpha value is -2.79. The molecule has 8 nitrogen and oxygen atoms in total. The summed E-state index contributed by atoms with van der Waals surface area (Å²) in [6.07, 6.45) is -0.0361. The van der Waals surface area contributed by atoms with Gasteiger partial charge >= 0.3 is 0 Å². The maximum atomic E-state index is 14.3. The monoisotopic (exact) mass is 423 g/mol. The number of morpholine rings is 1. The fraction of sp³-hybridized carbons (Fsp3) is 0.333. The maximum absolute atomic E-state index is 14.3. The molecule has 3 aromatic rings. The third-order valence-electron chi connectivity index (χ3n) is 4.74. The number of benzene rings is 1. The number of hydrogen-bond acceptors (Lipinski definition) is 7. The largest absolute Gasteiger partial charge is 0.384 e. The molecule has 0 aliphatic carbocycles. The van der Waals surface area contributed by atoms with E-state index in [4.69, 9.17) is 10.5 Å². The molecule has 29 heavy (non-hydrogen) atoms. The van der Waals surface area contributed by atoms with Gasteiger partial charge in [-0.1, -0.05) is 6.07 Å². The zero-order chi connectivity index (χ0) is 20.9. The van der Waals surface area contributed by atoms with Crippen LogP contribution < -0.4 is 10.6 Å². The lowest BCUT2D eigenvalue weighted by atomic mass is 10.3. The Kier molecular flexibility index (Phi) is 4.66. The fourth-order valence-electron chi connectivity index (χ4n) is 3.47. The topological polar surface area (TPSA) is 114 Å². The van der Waals surface area contributed by atoms with Crippen molar-refractivity contribution in [2.75, 3.05) is 30.3 Å². The van der Waals surface area contributed by atoms with E-state index in [0.717, 1.165) is 18.2 Å². The van der Waals surface area contributed by atoms with E-state index in [1.54, 1.807) is 6.92 Å². The number of anilines is 2. The molecule has 0 saturated carbocycles. The van der Waals surface area contributed by atoms with E-state index in [-0.39, 0.29) is 17.4 Å². The Labute approximate surface area is 165 Å². The number of aromatic amines is 1. The number of rotatable bonds is 3. The maximum Gasteiger partial charge on any atom is 0.215 e. The van der Waals surface area contributed by atoms with Crippen LogP contribution in [-0.2, 0) is 14.6 Å². The summed E-state index contributed by atoms with van der Waals surface area (Å²) in [6, 6.07) is 2.96. The second kappa shape index (κ2) is 6.92. The molecule has 0 radical (unpaired) electrons. The first-order chi connectivity index (χ1) is 13.7. The number of halogens is 2. The number of nitrogen functional groups attached to an aromatic ring is 1. The second-order valence-corrected chi connectivity index (χ2v) is 8.72. The normalized spacial score (nSPS) is 17.8. The van der Waals surface area contributed by atoms with Gasteiger partial charge in [0, 0.05) is 13.1 Å². The highest BCUT2D eigenvalue weighted by molar-refractivity contribution is 7.92. The van der Waals surface area contributed by atoms with Crippen molar-refractivity contribution in [1.29, 1.82) is 0 Å². The molecule has 0 spiro atoms. The first kappa shape index (κ1) is 19.5. The summed E-state index contributed by atoms with van der Waals surface area (Å²) >= 11 is 0. The molecule has 1 aromatic carbocycles. The van der Waals surface area contributed by atoms with Crippen molar-refractivity contribution in [3.8, 4) is 0 Å². The van der Waals surface area contributed by atoms with E-state index in [1.807, 2.05) is 11.8 Å². The van der Waals surface area contributed by atoms with Gasteiger partial charge in [0.05, 0.1) is 12.7 Å². The predicted molar refractivity (Wildman–Crippen MR) is 102 cm³/mol. The van der Waals surface area contributed by atoms with Crippen LogP contribution in [0.4, 0.5) is 20.4 Å². The number of nitrogens with two attached hydrogens (primary N) is 1.